The highest BCUT2D eigenvalue weighted by Crippen LogP contribution is 2.40. The van der Waals surface area contributed by atoms with E-state index in [-0.39, 0.29) is 5.78 Å². The van der Waals surface area contributed by atoms with E-state index in [0.717, 1.165) is 16.7 Å². The molecule has 0 amide bonds. The molecule has 1 fully saturated rings. The summed E-state index contributed by atoms with van der Waals surface area (Å²) in [5, 5.41) is 11.0. The van der Waals surface area contributed by atoms with E-state index in [1.165, 1.54) is 5.56 Å². The van der Waals surface area contributed by atoms with E-state index < -0.39 is 5.60 Å². The Morgan fingerprint density at radius 3 is 2.61 bits per heavy atom. The van der Waals surface area contributed by atoms with Gasteiger partial charge in [-0.3, -0.25) is 4.79 Å². The molecular formula is C18H18BN2O2. The van der Waals surface area contributed by atoms with Crippen molar-refractivity contribution >= 4 is 24.6 Å². The van der Waals surface area contributed by atoms with E-state index >= 15 is 0 Å². The van der Waals surface area contributed by atoms with Gasteiger partial charge in [0.1, 0.15) is 5.84 Å². The molecule has 4 rings (SSSR count). The van der Waals surface area contributed by atoms with Gasteiger partial charge < -0.3 is 10.0 Å². The fourth-order valence-corrected chi connectivity index (χ4v) is 3.53. The minimum Gasteiger partial charge on any atom is -0.374 e. The van der Waals surface area contributed by atoms with Crippen LogP contribution in [0.3, 0.4) is 0 Å². The van der Waals surface area contributed by atoms with Gasteiger partial charge in [0.15, 0.2) is 5.60 Å². The Kier molecular flexibility index (Phi) is 2.94. The summed E-state index contributed by atoms with van der Waals surface area (Å²) in [6.07, 6.45) is 0.377. The van der Waals surface area contributed by atoms with Crippen molar-refractivity contribution in [1.29, 1.82) is 0 Å². The lowest BCUT2D eigenvalue weighted by Gasteiger charge is -2.30. The monoisotopic (exact) mass is 305 g/mol. The van der Waals surface area contributed by atoms with Gasteiger partial charge >= 0.3 is 0 Å². The van der Waals surface area contributed by atoms with Crippen LogP contribution in [0.25, 0.3) is 0 Å². The zero-order valence-electron chi connectivity index (χ0n) is 13.6. The molecule has 0 aliphatic carbocycles. The molecule has 3 aliphatic heterocycles. The number of benzene rings is 1. The van der Waals surface area contributed by atoms with Crippen molar-refractivity contribution in [2.45, 2.75) is 32.8 Å². The number of aliphatic imine (C=N–C) groups is 1. The lowest BCUT2D eigenvalue weighted by molar-refractivity contribution is -0.127. The maximum absolute atomic E-state index is 12.9. The highest BCUT2D eigenvalue weighted by atomic mass is 16.3. The summed E-state index contributed by atoms with van der Waals surface area (Å²) >= 11 is 0. The molecule has 1 aromatic carbocycles. The predicted octanol–water partition coefficient (Wildman–Crippen LogP) is 2.14. The highest BCUT2D eigenvalue weighted by Gasteiger charge is 2.53. The molecule has 1 saturated heterocycles. The van der Waals surface area contributed by atoms with Gasteiger partial charge in [0, 0.05) is 29.8 Å². The van der Waals surface area contributed by atoms with E-state index in [0.29, 0.717) is 30.0 Å². The van der Waals surface area contributed by atoms with E-state index in [1.807, 2.05) is 57.2 Å². The van der Waals surface area contributed by atoms with Crippen molar-refractivity contribution in [1.82, 2.24) is 0 Å². The van der Waals surface area contributed by atoms with Crippen molar-refractivity contribution in [3.05, 3.63) is 52.0 Å². The number of aryl methyl sites for hydroxylation is 1. The van der Waals surface area contributed by atoms with Crippen LogP contribution in [0.1, 0.15) is 25.8 Å². The summed E-state index contributed by atoms with van der Waals surface area (Å²) in [6, 6.07) is 8.07. The van der Waals surface area contributed by atoms with Crippen LogP contribution < -0.4 is 4.90 Å². The minimum absolute atomic E-state index is 0.210. The molecule has 0 saturated carbocycles. The standard InChI is InChI=1S/C18H18BN2O2/c1-10-4-6-13(7-5-10)21-9-8-18(23)15(22)14-11(2)12(3)19-16(14)20-17(18)21/h4-7,23H,8-9H2,1-3H3/t18-/m1/s1. The summed E-state index contributed by atoms with van der Waals surface area (Å²) in [5.41, 5.74) is 3.87. The van der Waals surface area contributed by atoms with Crippen LogP contribution in [-0.4, -0.2) is 36.2 Å². The fourth-order valence-electron chi connectivity index (χ4n) is 3.53. The van der Waals surface area contributed by atoms with Crippen LogP contribution in [0.2, 0.25) is 0 Å². The SMILES string of the molecule is CC1=C(C)C2=C([B]1)N=C1N(c3ccc(C)cc3)CC[C@@]1(O)C2=O. The zero-order valence-corrected chi connectivity index (χ0v) is 13.6. The average Bonchev–Trinajstić information content (AvgIpc) is 3.00. The predicted molar refractivity (Wildman–Crippen MR) is 91.7 cm³/mol. The summed E-state index contributed by atoms with van der Waals surface area (Å²) < 4.78 is 0. The quantitative estimate of drug-likeness (QED) is 0.809. The number of hydrogen-bond donors (Lipinski definition) is 1. The first-order valence-electron chi connectivity index (χ1n) is 7.89. The van der Waals surface area contributed by atoms with Gasteiger partial charge in [-0.15, -0.1) is 0 Å². The Labute approximate surface area is 136 Å². The number of rotatable bonds is 1. The molecule has 0 spiro atoms. The lowest BCUT2D eigenvalue weighted by Crippen LogP contribution is -2.50. The Bertz CT molecular complexity index is 820. The van der Waals surface area contributed by atoms with Gasteiger partial charge in [0.25, 0.3) is 0 Å². The topological polar surface area (TPSA) is 52.9 Å². The maximum atomic E-state index is 12.9. The summed E-state index contributed by atoms with van der Waals surface area (Å²) in [4.78, 5) is 19.5. The first-order chi connectivity index (χ1) is 10.9. The Hall–Kier alpha value is -2.14. The lowest BCUT2D eigenvalue weighted by atomic mass is 9.69. The number of amidine groups is 1. The van der Waals surface area contributed by atoms with E-state index in [2.05, 4.69) is 4.99 Å². The zero-order chi connectivity index (χ0) is 16.4. The third kappa shape index (κ3) is 1.89. The Balaban J connectivity index is 1.81. The van der Waals surface area contributed by atoms with E-state index in [9.17, 15) is 9.90 Å². The van der Waals surface area contributed by atoms with Crippen LogP contribution in [0.15, 0.2) is 51.5 Å². The number of nitrogens with zero attached hydrogens (tertiary/aromatic N) is 2. The average molecular weight is 305 g/mol. The van der Waals surface area contributed by atoms with Crippen molar-refractivity contribution in [2.75, 3.05) is 11.4 Å². The number of Topliss-reactive ketones (excluding diaryl/α,β-unsaturated/α-hetero) is 1. The van der Waals surface area contributed by atoms with Crippen molar-refractivity contribution in [2.24, 2.45) is 4.99 Å². The Morgan fingerprint density at radius 2 is 1.91 bits per heavy atom. The van der Waals surface area contributed by atoms with Gasteiger partial charge in [0.2, 0.25) is 13.1 Å². The van der Waals surface area contributed by atoms with Crippen molar-refractivity contribution in [3.63, 3.8) is 0 Å². The third-order valence-electron chi connectivity index (χ3n) is 5.07. The largest absolute Gasteiger partial charge is 0.374 e. The second-order valence-corrected chi connectivity index (χ2v) is 6.57. The van der Waals surface area contributed by atoms with Gasteiger partial charge in [0.05, 0.1) is 0 Å². The molecule has 0 unspecified atom stereocenters. The first kappa shape index (κ1) is 14.5. The number of allylic oxidation sites excluding steroid dienone is 2. The molecule has 0 aromatic heterocycles. The molecule has 5 heteroatoms. The molecule has 1 aromatic rings. The molecule has 3 aliphatic rings. The van der Waals surface area contributed by atoms with Crippen LogP contribution in [-0.2, 0) is 4.79 Å². The number of carbonyl (C=O) groups is 1. The smallest absolute Gasteiger partial charge is 0.212 e. The molecule has 1 N–H and O–H groups in total. The number of ketones is 1. The molecule has 3 heterocycles. The molecule has 4 nitrogen and oxygen atoms in total. The first-order valence-corrected chi connectivity index (χ1v) is 7.89. The van der Waals surface area contributed by atoms with Gasteiger partial charge in [-0.2, -0.15) is 0 Å². The second kappa shape index (κ2) is 4.68. The number of carbonyl (C=O) groups excluding carboxylic acids is 1. The van der Waals surface area contributed by atoms with E-state index in [4.69, 9.17) is 0 Å². The maximum Gasteiger partial charge on any atom is 0.212 e. The van der Waals surface area contributed by atoms with Crippen molar-refractivity contribution < 1.29 is 9.90 Å². The number of aliphatic hydroxyl groups is 1. The van der Waals surface area contributed by atoms with Crippen LogP contribution in [0.4, 0.5) is 5.69 Å². The van der Waals surface area contributed by atoms with Crippen LogP contribution in [0, 0.1) is 6.92 Å². The minimum atomic E-state index is -1.50. The summed E-state index contributed by atoms with van der Waals surface area (Å²) in [6.45, 7) is 6.52. The number of fused-ring (bicyclic) bond motifs is 1. The normalized spacial score (nSPS) is 26.3. The summed E-state index contributed by atoms with van der Waals surface area (Å²) in [7, 11) is 1.93. The summed E-state index contributed by atoms with van der Waals surface area (Å²) in [5.74, 6) is 0.251. The molecule has 1 atom stereocenters. The van der Waals surface area contributed by atoms with Gasteiger partial charge in [-0.1, -0.05) is 30.1 Å². The molecule has 0 bridgehead atoms. The van der Waals surface area contributed by atoms with E-state index in [1.54, 1.807) is 0 Å². The van der Waals surface area contributed by atoms with Gasteiger partial charge in [-0.25, -0.2) is 4.99 Å². The Morgan fingerprint density at radius 1 is 1.22 bits per heavy atom. The molecule has 115 valence electrons. The van der Waals surface area contributed by atoms with Gasteiger partial charge in [-0.05, 0) is 31.6 Å². The van der Waals surface area contributed by atoms with Crippen LogP contribution >= 0.6 is 0 Å². The molecular weight excluding hydrogens is 287 g/mol. The number of anilines is 1. The van der Waals surface area contributed by atoms with Crippen molar-refractivity contribution in [3.8, 4) is 0 Å². The van der Waals surface area contributed by atoms with Crippen LogP contribution in [0.5, 0.6) is 0 Å². The second-order valence-electron chi connectivity index (χ2n) is 6.57. The molecule has 1 radical (unpaired) electrons. The fraction of sp³-hybridized carbons (Fsp3) is 0.333. The molecule has 23 heavy (non-hydrogen) atoms. The number of hydrogen-bond acceptors (Lipinski definition) is 4. The highest BCUT2D eigenvalue weighted by molar-refractivity contribution is 6.58. The third-order valence-corrected chi connectivity index (χ3v) is 5.07.